The van der Waals surface area contributed by atoms with Crippen molar-refractivity contribution >= 4 is 5.95 Å². The Labute approximate surface area is 145 Å². The molecule has 1 aromatic heterocycles. The van der Waals surface area contributed by atoms with Crippen LogP contribution >= 0.6 is 0 Å². The van der Waals surface area contributed by atoms with Gasteiger partial charge in [0.25, 0.3) is 0 Å². The molecule has 0 spiro atoms. The van der Waals surface area contributed by atoms with Gasteiger partial charge < -0.3 is 19.4 Å². The second-order valence-corrected chi connectivity index (χ2v) is 5.76. The van der Waals surface area contributed by atoms with E-state index in [9.17, 15) is 0 Å². The topological polar surface area (TPSA) is 72.1 Å². The molecule has 124 valence electrons. The molecule has 3 aromatic rings. The lowest BCUT2D eigenvalue weighted by Crippen LogP contribution is -2.05. The molecular formula is C19H16N4O2. The van der Waals surface area contributed by atoms with Crippen LogP contribution in [-0.4, -0.2) is 16.3 Å². The van der Waals surface area contributed by atoms with Gasteiger partial charge in [0.15, 0.2) is 11.5 Å². The van der Waals surface area contributed by atoms with Crippen LogP contribution in [0.25, 0.3) is 11.3 Å². The molecule has 0 aliphatic carbocycles. The first-order chi connectivity index (χ1) is 12.2. The highest BCUT2D eigenvalue weighted by molar-refractivity contribution is 5.66. The minimum atomic E-state index is 0.265. The molecule has 0 radical (unpaired) electrons. The van der Waals surface area contributed by atoms with Crippen LogP contribution in [0.5, 0.6) is 11.5 Å². The molecule has 2 heterocycles. The van der Waals surface area contributed by atoms with Crippen LogP contribution in [0.1, 0.15) is 11.1 Å². The van der Waals surface area contributed by atoms with E-state index in [4.69, 9.17) is 14.7 Å². The van der Waals surface area contributed by atoms with E-state index in [2.05, 4.69) is 16.4 Å². The molecule has 25 heavy (non-hydrogen) atoms. The van der Waals surface area contributed by atoms with Crippen LogP contribution in [0, 0.1) is 11.3 Å². The van der Waals surface area contributed by atoms with Gasteiger partial charge in [0.1, 0.15) is 0 Å². The lowest BCUT2D eigenvalue weighted by Gasteiger charge is -2.09. The number of ether oxygens (including phenoxy) is 2. The summed E-state index contributed by atoms with van der Waals surface area (Å²) in [5.41, 5.74) is 3.75. The maximum Gasteiger partial charge on any atom is 0.231 e. The fourth-order valence-corrected chi connectivity index (χ4v) is 2.78. The standard InChI is InChI=1S/C19H16N4O2/c1-23-16(15-6-7-17-18(8-15)25-12-24-17)11-22-19(23)21-10-14-4-2-13(9-20)3-5-14/h2-8,11H,10,12H2,1H3,(H,21,22). The van der Waals surface area contributed by atoms with Crippen LogP contribution in [-0.2, 0) is 13.6 Å². The number of nitriles is 1. The lowest BCUT2D eigenvalue weighted by atomic mass is 10.1. The number of benzene rings is 2. The minimum absolute atomic E-state index is 0.265. The van der Waals surface area contributed by atoms with Gasteiger partial charge in [-0.1, -0.05) is 12.1 Å². The lowest BCUT2D eigenvalue weighted by molar-refractivity contribution is 0.174. The number of hydrogen-bond donors (Lipinski definition) is 1. The Bertz CT molecular complexity index is 955. The Morgan fingerprint density at radius 3 is 2.76 bits per heavy atom. The molecule has 1 aliphatic heterocycles. The van der Waals surface area contributed by atoms with Crippen molar-refractivity contribution in [2.75, 3.05) is 12.1 Å². The van der Waals surface area contributed by atoms with Crippen LogP contribution in [0.15, 0.2) is 48.7 Å². The third kappa shape index (κ3) is 2.88. The Morgan fingerprint density at radius 2 is 1.96 bits per heavy atom. The molecule has 0 amide bonds. The molecule has 4 rings (SSSR count). The monoisotopic (exact) mass is 332 g/mol. The number of nitrogens with one attached hydrogen (secondary N) is 1. The molecule has 1 N–H and O–H groups in total. The molecule has 0 atom stereocenters. The number of fused-ring (bicyclic) bond motifs is 1. The molecule has 0 unspecified atom stereocenters. The predicted octanol–water partition coefficient (Wildman–Crippen LogP) is 3.30. The van der Waals surface area contributed by atoms with Crippen molar-refractivity contribution in [1.29, 1.82) is 5.26 Å². The van der Waals surface area contributed by atoms with Gasteiger partial charge in [-0.2, -0.15) is 5.26 Å². The van der Waals surface area contributed by atoms with E-state index >= 15 is 0 Å². The summed E-state index contributed by atoms with van der Waals surface area (Å²) in [6.45, 7) is 0.901. The van der Waals surface area contributed by atoms with Gasteiger partial charge in [-0.3, -0.25) is 0 Å². The second kappa shape index (κ2) is 6.21. The Kier molecular flexibility index (Phi) is 3.75. The number of anilines is 1. The fraction of sp³-hybridized carbons (Fsp3) is 0.158. The average Bonchev–Trinajstić information content (AvgIpc) is 3.26. The molecular weight excluding hydrogens is 316 g/mol. The van der Waals surface area contributed by atoms with Crippen molar-refractivity contribution < 1.29 is 9.47 Å². The summed E-state index contributed by atoms with van der Waals surface area (Å²) in [5, 5.41) is 12.2. The van der Waals surface area contributed by atoms with Crippen LogP contribution in [0.2, 0.25) is 0 Å². The first-order valence-electron chi connectivity index (χ1n) is 7.89. The SMILES string of the molecule is Cn1c(-c2ccc3c(c2)OCO3)cnc1NCc1ccc(C#N)cc1. The molecule has 6 nitrogen and oxygen atoms in total. The van der Waals surface area contributed by atoms with Crippen LogP contribution < -0.4 is 14.8 Å². The van der Waals surface area contributed by atoms with Crippen LogP contribution in [0.3, 0.4) is 0 Å². The second-order valence-electron chi connectivity index (χ2n) is 5.76. The van der Waals surface area contributed by atoms with E-state index in [1.807, 2.05) is 60.3 Å². The number of hydrogen-bond acceptors (Lipinski definition) is 5. The maximum absolute atomic E-state index is 8.85. The third-order valence-corrected chi connectivity index (χ3v) is 4.19. The molecule has 2 aromatic carbocycles. The minimum Gasteiger partial charge on any atom is -0.454 e. The Morgan fingerprint density at radius 1 is 1.16 bits per heavy atom. The highest BCUT2D eigenvalue weighted by atomic mass is 16.7. The number of imidazole rings is 1. The Balaban J connectivity index is 1.52. The van der Waals surface area contributed by atoms with Crippen molar-refractivity contribution in [2.24, 2.45) is 7.05 Å². The van der Waals surface area contributed by atoms with Gasteiger partial charge in [0.2, 0.25) is 12.7 Å². The summed E-state index contributed by atoms with van der Waals surface area (Å²) in [6.07, 6.45) is 1.83. The van der Waals surface area contributed by atoms with E-state index in [1.54, 1.807) is 0 Å². The summed E-state index contributed by atoms with van der Waals surface area (Å²) < 4.78 is 12.8. The Hall–Kier alpha value is -3.46. The van der Waals surface area contributed by atoms with Gasteiger partial charge in [0, 0.05) is 19.2 Å². The van der Waals surface area contributed by atoms with Gasteiger partial charge in [-0.15, -0.1) is 0 Å². The third-order valence-electron chi connectivity index (χ3n) is 4.19. The van der Waals surface area contributed by atoms with Crippen molar-refractivity contribution in [3.05, 3.63) is 59.8 Å². The van der Waals surface area contributed by atoms with Gasteiger partial charge in [-0.25, -0.2) is 4.98 Å². The van der Waals surface area contributed by atoms with Crippen molar-refractivity contribution in [3.8, 4) is 28.8 Å². The highest BCUT2D eigenvalue weighted by Gasteiger charge is 2.16. The quantitative estimate of drug-likeness (QED) is 0.793. The zero-order valence-electron chi connectivity index (χ0n) is 13.7. The molecule has 1 aliphatic rings. The summed E-state index contributed by atoms with van der Waals surface area (Å²) >= 11 is 0. The molecule has 6 heteroatoms. The highest BCUT2D eigenvalue weighted by Crippen LogP contribution is 2.36. The molecule has 0 saturated heterocycles. The summed E-state index contributed by atoms with van der Waals surface area (Å²) in [7, 11) is 1.97. The van der Waals surface area contributed by atoms with Crippen molar-refractivity contribution in [1.82, 2.24) is 9.55 Å². The molecule has 0 fully saturated rings. The molecule has 0 bridgehead atoms. The smallest absolute Gasteiger partial charge is 0.231 e. The van der Waals surface area contributed by atoms with Crippen LogP contribution in [0.4, 0.5) is 5.95 Å². The summed E-state index contributed by atoms with van der Waals surface area (Å²) in [5.74, 6) is 2.30. The largest absolute Gasteiger partial charge is 0.454 e. The van der Waals surface area contributed by atoms with E-state index < -0.39 is 0 Å². The summed E-state index contributed by atoms with van der Waals surface area (Å²) in [4.78, 5) is 4.46. The van der Waals surface area contributed by atoms with Gasteiger partial charge in [-0.05, 0) is 35.9 Å². The van der Waals surface area contributed by atoms with E-state index in [1.165, 1.54) is 0 Å². The zero-order valence-corrected chi connectivity index (χ0v) is 13.7. The van der Waals surface area contributed by atoms with Crippen molar-refractivity contribution in [2.45, 2.75) is 6.54 Å². The van der Waals surface area contributed by atoms with E-state index in [0.29, 0.717) is 12.1 Å². The normalized spacial score (nSPS) is 12.0. The zero-order chi connectivity index (χ0) is 17.2. The van der Waals surface area contributed by atoms with Gasteiger partial charge >= 0.3 is 0 Å². The first-order valence-corrected chi connectivity index (χ1v) is 7.89. The maximum atomic E-state index is 8.85. The van der Waals surface area contributed by atoms with Crippen molar-refractivity contribution in [3.63, 3.8) is 0 Å². The van der Waals surface area contributed by atoms with E-state index in [0.717, 1.165) is 34.3 Å². The average molecular weight is 332 g/mol. The molecule has 0 saturated carbocycles. The summed E-state index contributed by atoms with van der Waals surface area (Å²) in [6, 6.07) is 15.5. The number of nitrogens with zero attached hydrogens (tertiary/aromatic N) is 3. The number of rotatable bonds is 4. The van der Waals surface area contributed by atoms with Gasteiger partial charge in [0.05, 0.1) is 23.5 Å². The number of aromatic nitrogens is 2. The van der Waals surface area contributed by atoms with E-state index in [-0.39, 0.29) is 6.79 Å². The predicted molar refractivity (Wildman–Crippen MR) is 93.3 cm³/mol. The first kappa shape index (κ1) is 15.1. The fourth-order valence-electron chi connectivity index (χ4n) is 2.78.